The molecule has 0 aliphatic rings. The average molecular weight is 280 g/mol. The molecule has 0 saturated carbocycles. The Balaban J connectivity index is 0.000000561. The Morgan fingerprint density at radius 1 is 1.33 bits per heavy atom. The van der Waals surface area contributed by atoms with Gasteiger partial charge < -0.3 is 8.17 Å². The fourth-order valence-corrected chi connectivity index (χ4v) is 1.15. The molecule has 1 rings (SSSR count). The molecule has 0 saturated heterocycles. The number of aryl methyl sites for hydroxylation is 1. The number of rotatable bonds is 1. The zero-order valence-corrected chi connectivity index (χ0v) is 9.62. The van der Waals surface area contributed by atoms with E-state index in [0.717, 1.165) is 5.56 Å². The molecule has 0 aromatic heterocycles. The average Bonchev–Trinajstić information content (AvgIpc) is 2.13. The lowest BCUT2D eigenvalue weighted by Gasteiger charge is -2.00. The first-order valence-electron chi connectivity index (χ1n) is 3.82. The maximum atomic E-state index is 8.99. The predicted molar refractivity (Wildman–Crippen MR) is 58.8 cm³/mol. The highest BCUT2D eigenvalue weighted by Gasteiger charge is 1.97. The van der Waals surface area contributed by atoms with Crippen LogP contribution < -0.4 is 3.07 Å². The summed E-state index contributed by atoms with van der Waals surface area (Å²) in [6.45, 7) is 5.92. The lowest BCUT2D eigenvalue weighted by molar-refractivity contribution is 0.473. The zero-order chi connectivity index (χ0) is 9.56. The number of halogens is 1. The summed E-state index contributed by atoms with van der Waals surface area (Å²) in [5, 5.41) is 8.99. The number of aromatic hydroxyl groups is 1. The summed E-state index contributed by atoms with van der Waals surface area (Å²) in [5.41, 5.74) is 1.02. The molecule has 1 aromatic carbocycles. The summed E-state index contributed by atoms with van der Waals surface area (Å²) < 4.78 is 4.94. The Kier molecular flexibility index (Phi) is 5.88. The Bertz CT molecular complexity index is 236. The predicted octanol–water partition coefficient (Wildman–Crippen LogP) is 3.46. The molecule has 0 spiro atoms. The van der Waals surface area contributed by atoms with E-state index in [2.05, 4.69) is 0 Å². The van der Waals surface area contributed by atoms with Crippen molar-refractivity contribution in [2.24, 2.45) is 0 Å². The van der Waals surface area contributed by atoms with Gasteiger partial charge in [-0.15, -0.1) is 0 Å². The van der Waals surface area contributed by atoms with Crippen LogP contribution in [0.1, 0.15) is 19.4 Å². The van der Waals surface area contributed by atoms with Gasteiger partial charge in [0.15, 0.2) is 23.0 Å². The topological polar surface area (TPSA) is 29.5 Å². The molecular formula is C9H13IO2. The molecule has 0 bridgehead atoms. The number of hydrogen-bond acceptors (Lipinski definition) is 2. The molecule has 68 valence electrons. The van der Waals surface area contributed by atoms with Crippen LogP contribution in [0.25, 0.3) is 0 Å². The first kappa shape index (κ1) is 11.6. The van der Waals surface area contributed by atoms with Crippen LogP contribution in [0.3, 0.4) is 0 Å². The lowest BCUT2D eigenvalue weighted by atomic mass is 10.2. The van der Waals surface area contributed by atoms with Crippen molar-refractivity contribution in [1.29, 1.82) is 0 Å². The third-order valence-corrected chi connectivity index (χ3v) is 1.73. The van der Waals surface area contributed by atoms with E-state index in [1.807, 2.05) is 26.8 Å². The molecule has 0 radical (unpaired) electrons. The van der Waals surface area contributed by atoms with Crippen molar-refractivity contribution in [2.75, 3.05) is 0 Å². The van der Waals surface area contributed by atoms with E-state index in [-0.39, 0.29) is 5.75 Å². The first-order valence-corrected chi connectivity index (χ1v) is 4.70. The van der Waals surface area contributed by atoms with E-state index in [1.165, 1.54) is 0 Å². The molecule has 0 heterocycles. The third-order valence-electron chi connectivity index (χ3n) is 1.25. The largest absolute Gasteiger partial charge is 0.508 e. The molecule has 12 heavy (non-hydrogen) atoms. The molecule has 1 N–H and O–H groups in total. The van der Waals surface area contributed by atoms with Crippen LogP contribution in [0.15, 0.2) is 18.2 Å². The molecule has 2 nitrogen and oxygen atoms in total. The standard InChI is InChI=1S/C7H7IO2.C2H6/c1-5-2-3-6(9)4-7(5)10-8;1-2/h2-4,9H,1H3;1-2H3. The third kappa shape index (κ3) is 3.30. The van der Waals surface area contributed by atoms with Crippen molar-refractivity contribution in [1.82, 2.24) is 0 Å². The summed E-state index contributed by atoms with van der Waals surface area (Å²) in [4.78, 5) is 0. The van der Waals surface area contributed by atoms with Crippen molar-refractivity contribution in [3.05, 3.63) is 23.8 Å². The van der Waals surface area contributed by atoms with Gasteiger partial charge in [0.25, 0.3) is 0 Å². The molecule has 0 aliphatic carbocycles. The van der Waals surface area contributed by atoms with Crippen LogP contribution in [-0.4, -0.2) is 5.11 Å². The van der Waals surface area contributed by atoms with Crippen LogP contribution in [0.5, 0.6) is 11.5 Å². The van der Waals surface area contributed by atoms with Crippen molar-refractivity contribution in [3.8, 4) is 11.5 Å². The second-order valence-corrected chi connectivity index (χ2v) is 2.47. The van der Waals surface area contributed by atoms with Crippen molar-refractivity contribution in [3.63, 3.8) is 0 Å². The van der Waals surface area contributed by atoms with Crippen LogP contribution in [0.4, 0.5) is 0 Å². The molecule has 0 atom stereocenters. The van der Waals surface area contributed by atoms with Gasteiger partial charge in [0.05, 0.1) is 0 Å². The minimum absolute atomic E-state index is 0.234. The highest BCUT2D eigenvalue weighted by molar-refractivity contribution is 14.1. The van der Waals surface area contributed by atoms with Crippen molar-refractivity contribution >= 4 is 23.0 Å². The van der Waals surface area contributed by atoms with Gasteiger partial charge in [-0.2, -0.15) is 0 Å². The number of phenols is 1. The zero-order valence-electron chi connectivity index (χ0n) is 7.47. The molecule has 0 fully saturated rings. The van der Waals surface area contributed by atoms with Crippen LogP contribution in [-0.2, 0) is 0 Å². The van der Waals surface area contributed by atoms with E-state index in [9.17, 15) is 0 Å². The normalized spacial score (nSPS) is 8.33. The summed E-state index contributed by atoms with van der Waals surface area (Å²) in [6.07, 6.45) is 0. The SMILES string of the molecule is CC.Cc1ccc(O)cc1OI. The van der Waals surface area contributed by atoms with Crippen LogP contribution in [0.2, 0.25) is 0 Å². The van der Waals surface area contributed by atoms with Gasteiger partial charge in [-0.25, -0.2) is 0 Å². The van der Waals surface area contributed by atoms with Crippen molar-refractivity contribution in [2.45, 2.75) is 20.8 Å². The molecular weight excluding hydrogens is 267 g/mol. The van der Waals surface area contributed by atoms with Gasteiger partial charge in [-0.05, 0) is 18.6 Å². The van der Waals surface area contributed by atoms with Gasteiger partial charge in [0.2, 0.25) is 0 Å². The van der Waals surface area contributed by atoms with E-state index >= 15 is 0 Å². The van der Waals surface area contributed by atoms with Crippen LogP contribution >= 0.6 is 23.0 Å². The quantitative estimate of drug-likeness (QED) is 0.798. The van der Waals surface area contributed by atoms with E-state index in [4.69, 9.17) is 8.17 Å². The highest BCUT2D eigenvalue weighted by Crippen LogP contribution is 2.24. The first-order chi connectivity index (χ1) is 5.74. The lowest BCUT2D eigenvalue weighted by Crippen LogP contribution is -1.78. The van der Waals surface area contributed by atoms with Gasteiger partial charge in [0.1, 0.15) is 11.5 Å². The van der Waals surface area contributed by atoms with E-state index in [1.54, 1.807) is 35.1 Å². The molecule has 0 amide bonds. The Morgan fingerprint density at radius 3 is 2.33 bits per heavy atom. The smallest absolute Gasteiger partial charge is 0.192 e. The minimum Gasteiger partial charge on any atom is -0.508 e. The Hall–Kier alpha value is -0.450. The summed E-state index contributed by atoms with van der Waals surface area (Å²) in [5.74, 6) is 0.942. The molecule has 0 unspecified atom stereocenters. The summed E-state index contributed by atoms with van der Waals surface area (Å²) >= 11 is 1.78. The fourth-order valence-electron chi connectivity index (χ4n) is 0.672. The summed E-state index contributed by atoms with van der Waals surface area (Å²) in [6, 6.07) is 5.03. The monoisotopic (exact) mass is 280 g/mol. The van der Waals surface area contributed by atoms with Gasteiger partial charge >= 0.3 is 0 Å². The van der Waals surface area contributed by atoms with Gasteiger partial charge in [0, 0.05) is 6.07 Å². The van der Waals surface area contributed by atoms with Crippen LogP contribution in [0, 0.1) is 6.92 Å². The van der Waals surface area contributed by atoms with Gasteiger partial charge in [-0.1, -0.05) is 19.9 Å². The van der Waals surface area contributed by atoms with Crippen molar-refractivity contribution < 1.29 is 8.17 Å². The summed E-state index contributed by atoms with van der Waals surface area (Å²) in [7, 11) is 0. The Morgan fingerprint density at radius 2 is 1.92 bits per heavy atom. The Labute approximate surface area is 87.3 Å². The number of hydrogen-bond donors (Lipinski definition) is 1. The molecule has 3 heteroatoms. The van der Waals surface area contributed by atoms with E-state index < -0.39 is 0 Å². The van der Waals surface area contributed by atoms with Gasteiger partial charge in [-0.3, -0.25) is 0 Å². The van der Waals surface area contributed by atoms with E-state index in [0.29, 0.717) is 5.75 Å². The maximum Gasteiger partial charge on any atom is 0.192 e. The number of benzene rings is 1. The minimum atomic E-state index is 0.234. The maximum absolute atomic E-state index is 8.99. The highest BCUT2D eigenvalue weighted by atomic mass is 127. The second-order valence-electron chi connectivity index (χ2n) is 2.03. The second kappa shape index (κ2) is 6.11. The molecule has 1 aromatic rings. The number of phenolic OH excluding ortho intramolecular Hbond substituents is 1. The molecule has 0 aliphatic heterocycles. The fraction of sp³-hybridized carbons (Fsp3) is 0.333.